The third-order valence-electron chi connectivity index (χ3n) is 4.47. The Labute approximate surface area is 161 Å². The van der Waals surface area contributed by atoms with Gasteiger partial charge in [-0.1, -0.05) is 60.7 Å². The van der Waals surface area contributed by atoms with Crippen LogP contribution < -0.4 is 5.32 Å². The summed E-state index contributed by atoms with van der Waals surface area (Å²) in [5, 5.41) is 11.7. The van der Waals surface area contributed by atoms with E-state index in [0.29, 0.717) is 32.4 Å². The van der Waals surface area contributed by atoms with Crippen molar-refractivity contribution in [2.24, 2.45) is 0 Å². The Kier molecular flexibility index (Phi) is 8.52. The third kappa shape index (κ3) is 6.87. The van der Waals surface area contributed by atoms with Crippen molar-refractivity contribution < 1.29 is 14.7 Å². The molecule has 0 aliphatic carbocycles. The first kappa shape index (κ1) is 20.6. The molecule has 0 spiro atoms. The van der Waals surface area contributed by atoms with Crippen LogP contribution in [0.4, 0.5) is 0 Å². The molecular formula is C22H28N2O3. The van der Waals surface area contributed by atoms with Crippen LogP contribution in [0.2, 0.25) is 0 Å². The summed E-state index contributed by atoms with van der Waals surface area (Å²) in [5.41, 5.74) is 2.09. The molecular weight excluding hydrogens is 340 g/mol. The zero-order valence-corrected chi connectivity index (χ0v) is 15.8. The standard InChI is InChI=1S/C22H28N2O3/c1-18(22(27)23-15-8-16-25)24(17-20-11-6-3-7-12-20)21(26)14-13-19-9-4-2-5-10-19/h2-7,9-12,18,25H,8,13-17H2,1H3,(H,23,27)/t18-/m0/s1. The van der Waals surface area contributed by atoms with E-state index >= 15 is 0 Å². The van der Waals surface area contributed by atoms with Gasteiger partial charge in [0.15, 0.2) is 0 Å². The van der Waals surface area contributed by atoms with E-state index in [-0.39, 0.29) is 18.4 Å². The minimum atomic E-state index is -0.577. The molecule has 0 aliphatic rings. The maximum absolute atomic E-state index is 12.9. The van der Waals surface area contributed by atoms with E-state index in [2.05, 4.69) is 5.32 Å². The fourth-order valence-corrected chi connectivity index (χ4v) is 2.84. The van der Waals surface area contributed by atoms with Gasteiger partial charge in [-0.25, -0.2) is 0 Å². The Hall–Kier alpha value is -2.66. The van der Waals surface area contributed by atoms with Gasteiger partial charge in [0, 0.05) is 26.1 Å². The van der Waals surface area contributed by atoms with E-state index in [1.165, 1.54) is 0 Å². The minimum absolute atomic E-state index is 0.0262. The largest absolute Gasteiger partial charge is 0.396 e. The van der Waals surface area contributed by atoms with Crippen LogP contribution in [0.5, 0.6) is 0 Å². The first-order valence-electron chi connectivity index (χ1n) is 9.37. The average Bonchev–Trinajstić information content (AvgIpc) is 2.71. The SMILES string of the molecule is C[C@@H](C(=O)NCCCO)N(Cc1ccccc1)C(=O)CCc1ccccc1. The molecule has 0 radical (unpaired) electrons. The summed E-state index contributed by atoms with van der Waals surface area (Å²) in [4.78, 5) is 27.0. The van der Waals surface area contributed by atoms with Gasteiger partial charge in [-0.3, -0.25) is 9.59 Å². The van der Waals surface area contributed by atoms with E-state index in [9.17, 15) is 9.59 Å². The van der Waals surface area contributed by atoms with Gasteiger partial charge in [0.25, 0.3) is 0 Å². The molecule has 2 aromatic carbocycles. The number of nitrogens with zero attached hydrogens (tertiary/aromatic N) is 1. The highest BCUT2D eigenvalue weighted by Gasteiger charge is 2.25. The predicted molar refractivity (Wildman–Crippen MR) is 106 cm³/mol. The number of carbonyl (C=O) groups excluding carboxylic acids is 2. The summed E-state index contributed by atoms with van der Waals surface area (Å²) in [7, 11) is 0. The topological polar surface area (TPSA) is 69.6 Å². The lowest BCUT2D eigenvalue weighted by atomic mass is 10.1. The van der Waals surface area contributed by atoms with Crippen LogP contribution in [-0.4, -0.2) is 41.0 Å². The van der Waals surface area contributed by atoms with Crippen LogP contribution in [0.1, 0.15) is 30.9 Å². The first-order chi connectivity index (χ1) is 13.1. The summed E-state index contributed by atoms with van der Waals surface area (Å²) in [6.45, 7) is 2.57. The van der Waals surface area contributed by atoms with Gasteiger partial charge in [0.2, 0.25) is 11.8 Å². The molecule has 0 heterocycles. The second-order valence-electron chi connectivity index (χ2n) is 6.54. The third-order valence-corrected chi connectivity index (χ3v) is 4.47. The van der Waals surface area contributed by atoms with Crippen molar-refractivity contribution in [1.82, 2.24) is 10.2 Å². The lowest BCUT2D eigenvalue weighted by molar-refractivity contribution is -0.140. The zero-order chi connectivity index (χ0) is 19.5. The Balaban J connectivity index is 2.05. The van der Waals surface area contributed by atoms with Gasteiger partial charge in [0.1, 0.15) is 6.04 Å². The lowest BCUT2D eigenvalue weighted by Crippen LogP contribution is -2.47. The van der Waals surface area contributed by atoms with Crippen molar-refractivity contribution >= 4 is 11.8 Å². The predicted octanol–water partition coefficient (Wildman–Crippen LogP) is 2.54. The molecule has 5 nitrogen and oxygen atoms in total. The molecule has 1 atom stereocenters. The number of nitrogens with one attached hydrogen (secondary N) is 1. The van der Waals surface area contributed by atoms with Gasteiger partial charge in [0.05, 0.1) is 0 Å². The van der Waals surface area contributed by atoms with Crippen LogP contribution in [0.3, 0.4) is 0 Å². The highest BCUT2D eigenvalue weighted by molar-refractivity contribution is 5.87. The fraction of sp³-hybridized carbons (Fsp3) is 0.364. The number of aliphatic hydroxyl groups is 1. The van der Waals surface area contributed by atoms with Crippen LogP contribution in [0.15, 0.2) is 60.7 Å². The monoisotopic (exact) mass is 368 g/mol. The van der Waals surface area contributed by atoms with Gasteiger partial charge >= 0.3 is 0 Å². The number of benzene rings is 2. The molecule has 27 heavy (non-hydrogen) atoms. The summed E-state index contributed by atoms with van der Waals surface area (Å²) in [6.07, 6.45) is 1.49. The molecule has 0 saturated heterocycles. The van der Waals surface area contributed by atoms with Crippen molar-refractivity contribution in [3.63, 3.8) is 0 Å². The highest BCUT2D eigenvalue weighted by Crippen LogP contribution is 2.13. The molecule has 2 rings (SSSR count). The first-order valence-corrected chi connectivity index (χ1v) is 9.37. The summed E-state index contributed by atoms with van der Waals surface area (Å²) < 4.78 is 0. The molecule has 2 aromatic rings. The molecule has 0 aliphatic heterocycles. The molecule has 2 N–H and O–H groups in total. The normalized spacial score (nSPS) is 11.6. The minimum Gasteiger partial charge on any atom is -0.396 e. The molecule has 0 saturated carbocycles. The molecule has 0 fully saturated rings. The van der Waals surface area contributed by atoms with Gasteiger partial charge in [-0.05, 0) is 30.9 Å². The smallest absolute Gasteiger partial charge is 0.242 e. The lowest BCUT2D eigenvalue weighted by Gasteiger charge is -2.29. The van der Waals surface area contributed by atoms with Crippen LogP contribution in [-0.2, 0) is 22.6 Å². The second-order valence-corrected chi connectivity index (χ2v) is 6.54. The van der Waals surface area contributed by atoms with Crippen molar-refractivity contribution in [3.8, 4) is 0 Å². The van der Waals surface area contributed by atoms with Crippen LogP contribution in [0.25, 0.3) is 0 Å². The molecule has 144 valence electrons. The Morgan fingerprint density at radius 2 is 1.59 bits per heavy atom. The fourth-order valence-electron chi connectivity index (χ4n) is 2.84. The maximum atomic E-state index is 12.9. The van der Waals surface area contributed by atoms with Crippen LogP contribution >= 0.6 is 0 Å². The van der Waals surface area contributed by atoms with Crippen molar-refractivity contribution in [2.75, 3.05) is 13.2 Å². The number of carbonyl (C=O) groups is 2. The molecule has 0 unspecified atom stereocenters. The zero-order valence-electron chi connectivity index (χ0n) is 15.8. The number of amides is 2. The Bertz CT molecular complexity index is 704. The number of rotatable bonds is 10. The van der Waals surface area contributed by atoms with Crippen LogP contribution in [0, 0.1) is 0 Å². The number of aliphatic hydroxyl groups excluding tert-OH is 1. The van der Waals surface area contributed by atoms with Crippen molar-refractivity contribution in [1.29, 1.82) is 0 Å². The van der Waals surface area contributed by atoms with E-state index in [1.807, 2.05) is 60.7 Å². The summed E-state index contributed by atoms with van der Waals surface area (Å²) >= 11 is 0. The summed E-state index contributed by atoms with van der Waals surface area (Å²) in [5.74, 6) is -0.250. The highest BCUT2D eigenvalue weighted by atomic mass is 16.3. The molecule has 0 bridgehead atoms. The number of hydrogen-bond acceptors (Lipinski definition) is 3. The quantitative estimate of drug-likeness (QED) is 0.633. The number of aryl methyl sites for hydroxylation is 1. The maximum Gasteiger partial charge on any atom is 0.242 e. The van der Waals surface area contributed by atoms with E-state index in [0.717, 1.165) is 11.1 Å². The van der Waals surface area contributed by atoms with Gasteiger partial charge in [-0.2, -0.15) is 0 Å². The van der Waals surface area contributed by atoms with E-state index in [1.54, 1.807) is 11.8 Å². The van der Waals surface area contributed by atoms with E-state index < -0.39 is 6.04 Å². The van der Waals surface area contributed by atoms with Crippen molar-refractivity contribution in [3.05, 3.63) is 71.8 Å². The Morgan fingerprint density at radius 1 is 1.00 bits per heavy atom. The molecule has 2 amide bonds. The second kappa shape index (κ2) is 11.1. The summed E-state index contributed by atoms with van der Waals surface area (Å²) in [6, 6.07) is 19.0. The average molecular weight is 368 g/mol. The molecule has 5 heteroatoms. The molecule has 0 aromatic heterocycles. The van der Waals surface area contributed by atoms with Crippen molar-refractivity contribution in [2.45, 2.75) is 38.8 Å². The van der Waals surface area contributed by atoms with E-state index in [4.69, 9.17) is 5.11 Å². The Morgan fingerprint density at radius 3 is 2.19 bits per heavy atom. The number of hydrogen-bond donors (Lipinski definition) is 2. The van der Waals surface area contributed by atoms with Gasteiger partial charge < -0.3 is 15.3 Å². The van der Waals surface area contributed by atoms with Gasteiger partial charge in [-0.15, -0.1) is 0 Å².